The van der Waals surface area contributed by atoms with E-state index >= 15 is 0 Å². The Labute approximate surface area is 116 Å². The molecule has 2 aliphatic rings. The van der Waals surface area contributed by atoms with Crippen molar-refractivity contribution in [3.05, 3.63) is 35.1 Å². The SMILES string of the molecule is O=C1C[C@H]2O[C@H]([C@@H](O)c3cc(F)c(F)c(F)c3)[C@H](O)[C@H]2O1. The van der Waals surface area contributed by atoms with Gasteiger partial charge in [-0.25, -0.2) is 13.2 Å². The lowest BCUT2D eigenvalue weighted by atomic mass is 9.98. The minimum absolute atomic E-state index is 0.0723. The Bertz CT molecular complexity index is 570. The van der Waals surface area contributed by atoms with E-state index in [9.17, 15) is 28.2 Å². The molecule has 21 heavy (non-hydrogen) atoms. The molecule has 2 aliphatic heterocycles. The first kappa shape index (κ1) is 14.3. The summed E-state index contributed by atoms with van der Waals surface area (Å²) in [5.41, 5.74) is -0.276. The summed E-state index contributed by atoms with van der Waals surface area (Å²) in [6.45, 7) is 0. The lowest BCUT2D eigenvalue weighted by molar-refractivity contribution is -0.147. The highest BCUT2D eigenvalue weighted by molar-refractivity contribution is 5.73. The summed E-state index contributed by atoms with van der Waals surface area (Å²) in [6.07, 6.45) is -5.87. The number of esters is 1. The summed E-state index contributed by atoms with van der Waals surface area (Å²) in [7, 11) is 0. The average molecular weight is 304 g/mol. The topological polar surface area (TPSA) is 76.0 Å². The number of ether oxygens (including phenoxy) is 2. The molecule has 114 valence electrons. The van der Waals surface area contributed by atoms with Gasteiger partial charge in [0.05, 0.1) is 6.42 Å². The van der Waals surface area contributed by atoms with E-state index in [0.29, 0.717) is 12.1 Å². The molecule has 0 aliphatic carbocycles. The van der Waals surface area contributed by atoms with Gasteiger partial charge in [-0.1, -0.05) is 0 Å². The summed E-state index contributed by atoms with van der Waals surface area (Å²) >= 11 is 0. The van der Waals surface area contributed by atoms with Crippen molar-refractivity contribution in [2.45, 2.75) is 36.9 Å². The Morgan fingerprint density at radius 1 is 1.24 bits per heavy atom. The zero-order chi connectivity index (χ0) is 15.3. The lowest BCUT2D eigenvalue weighted by Crippen LogP contribution is -2.35. The van der Waals surface area contributed by atoms with E-state index in [4.69, 9.17) is 9.47 Å². The van der Waals surface area contributed by atoms with Crippen LogP contribution in [0.3, 0.4) is 0 Å². The fourth-order valence-corrected chi connectivity index (χ4v) is 2.64. The maximum Gasteiger partial charge on any atom is 0.309 e. The molecular formula is C13H11F3O5. The normalized spacial score (nSPS) is 32.9. The maximum absolute atomic E-state index is 13.2. The van der Waals surface area contributed by atoms with Crippen molar-refractivity contribution in [2.24, 2.45) is 0 Å². The quantitative estimate of drug-likeness (QED) is 0.617. The van der Waals surface area contributed by atoms with Gasteiger partial charge in [0, 0.05) is 0 Å². The Balaban J connectivity index is 1.83. The number of halogens is 3. The van der Waals surface area contributed by atoms with Crippen LogP contribution in [0.2, 0.25) is 0 Å². The Kier molecular flexibility index (Phi) is 3.39. The Morgan fingerprint density at radius 3 is 2.43 bits per heavy atom. The van der Waals surface area contributed by atoms with Gasteiger partial charge in [-0.3, -0.25) is 4.79 Å². The van der Waals surface area contributed by atoms with Crippen LogP contribution in [-0.4, -0.2) is 40.6 Å². The van der Waals surface area contributed by atoms with Gasteiger partial charge in [-0.05, 0) is 17.7 Å². The van der Waals surface area contributed by atoms with E-state index < -0.39 is 53.9 Å². The van der Waals surface area contributed by atoms with Crippen LogP contribution in [-0.2, 0) is 14.3 Å². The fourth-order valence-electron chi connectivity index (χ4n) is 2.64. The number of rotatable bonds is 2. The zero-order valence-electron chi connectivity index (χ0n) is 10.5. The average Bonchev–Trinajstić information content (AvgIpc) is 2.93. The lowest BCUT2D eigenvalue weighted by Gasteiger charge is -2.22. The number of carbonyl (C=O) groups excluding carboxylic acids is 1. The van der Waals surface area contributed by atoms with E-state index in [0.717, 1.165) is 0 Å². The molecule has 5 nitrogen and oxygen atoms in total. The highest BCUT2D eigenvalue weighted by atomic mass is 19.2. The molecule has 1 aromatic carbocycles. The van der Waals surface area contributed by atoms with E-state index in [2.05, 4.69) is 0 Å². The third-order valence-corrected chi connectivity index (χ3v) is 3.67. The molecule has 3 rings (SSSR count). The van der Waals surface area contributed by atoms with E-state index in [1.54, 1.807) is 0 Å². The summed E-state index contributed by atoms with van der Waals surface area (Å²) in [4.78, 5) is 11.1. The van der Waals surface area contributed by atoms with Crippen LogP contribution in [0.4, 0.5) is 13.2 Å². The standard InChI is InChI=1S/C13H11F3O5/c14-5-1-4(2-6(15)9(5)16)10(18)13-11(19)12-7(20-13)3-8(17)21-12/h1-2,7,10-13,18-19H,3H2/t7-,10+,11-,12+,13-/m1/s1. The molecule has 2 saturated heterocycles. The molecule has 1 aromatic rings. The van der Waals surface area contributed by atoms with Gasteiger partial charge in [0.25, 0.3) is 0 Å². The number of benzene rings is 1. The number of hydrogen-bond acceptors (Lipinski definition) is 5. The number of fused-ring (bicyclic) bond motifs is 1. The predicted molar refractivity (Wildman–Crippen MR) is 60.4 cm³/mol. The number of aliphatic hydroxyl groups is 2. The second kappa shape index (κ2) is 4.97. The Morgan fingerprint density at radius 2 is 1.86 bits per heavy atom. The monoisotopic (exact) mass is 304 g/mol. The minimum Gasteiger partial charge on any atom is -0.457 e. The fraction of sp³-hybridized carbons (Fsp3) is 0.462. The maximum atomic E-state index is 13.2. The van der Waals surface area contributed by atoms with Crippen LogP contribution in [0.15, 0.2) is 12.1 Å². The van der Waals surface area contributed by atoms with Crippen molar-refractivity contribution in [1.29, 1.82) is 0 Å². The third-order valence-electron chi connectivity index (χ3n) is 3.67. The molecule has 0 bridgehead atoms. The van der Waals surface area contributed by atoms with Crippen molar-refractivity contribution in [3.63, 3.8) is 0 Å². The second-order valence-corrected chi connectivity index (χ2v) is 5.03. The molecule has 2 fully saturated rings. The van der Waals surface area contributed by atoms with E-state index in [-0.39, 0.29) is 12.0 Å². The zero-order valence-corrected chi connectivity index (χ0v) is 10.5. The van der Waals surface area contributed by atoms with Gasteiger partial charge >= 0.3 is 5.97 Å². The van der Waals surface area contributed by atoms with Crippen LogP contribution in [0.5, 0.6) is 0 Å². The van der Waals surface area contributed by atoms with Gasteiger partial charge in [-0.2, -0.15) is 0 Å². The van der Waals surface area contributed by atoms with E-state index in [1.165, 1.54) is 0 Å². The first-order chi connectivity index (χ1) is 9.88. The van der Waals surface area contributed by atoms with Gasteiger partial charge in [0.15, 0.2) is 23.6 Å². The summed E-state index contributed by atoms with van der Waals surface area (Å²) in [5, 5.41) is 20.0. The largest absolute Gasteiger partial charge is 0.457 e. The highest BCUT2D eigenvalue weighted by Crippen LogP contribution is 2.37. The van der Waals surface area contributed by atoms with Crippen molar-refractivity contribution < 1.29 is 37.7 Å². The van der Waals surface area contributed by atoms with Crippen LogP contribution in [0.25, 0.3) is 0 Å². The molecule has 0 unspecified atom stereocenters. The molecule has 0 spiro atoms. The molecule has 2 N–H and O–H groups in total. The minimum atomic E-state index is -1.65. The first-order valence-electron chi connectivity index (χ1n) is 6.24. The number of carbonyl (C=O) groups is 1. The summed E-state index contributed by atoms with van der Waals surface area (Å²) < 4.78 is 49.4. The predicted octanol–water partition coefficient (Wildman–Crippen LogP) is 0.581. The van der Waals surface area contributed by atoms with Gasteiger partial charge < -0.3 is 19.7 Å². The van der Waals surface area contributed by atoms with Crippen molar-refractivity contribution in [1.82, 2.24) is 0 Å². The Hall–Kier alpha value is -1.64. The van der Waals surface area contributed by atoms with E-state index in [1.807, 2.05) is 0 Å². The molecule has 0 radical (unpaired) electrons. The van der Waals surface area contributed by atoms with Crippen LogP contribution in [0.1, 0.15) is 18.1 Å². The van der Waals surface area contributed by atoms with Gasteiger partial charge in [-0.15, -0.1) is 0 Å². The molecular weight excluding hydrogens is 293 g/mol. The van der Waals surface area contributed by atoms with Crippen molar-refractivity contribution >= 4 is 5.97 Å². The molecule has 8 heteroatoms. The van der Waals surface area contributed by atoms with Crippen LogP contribution < -0.4 is 0 Å². The smallest absolute Gasteiger partial charge is 0.309 e. The van der Waals surface area contributed by atoms with Gasteiger partial charge in [0.1, 0.15) is 24.4 Å². The first-order valence-corrected chi connectivity index (χ1v) is 6.24. The number of aliphatic hydroxyl groups excluding tert-OH is 2. The molecule has 5 atom stereocenters. The molecule has 0 aromatic heterocycles. The van der Waals surface area contributed by atoms with Crippen molar-refractivity contribution in [2.75, 3.05) is 0 Å². The second-order valence-electron chi connectivity index (χ2n) is 5.03. The van der Waals surface area contributed by atoms with Crippen molar-refractivity contribution in [3.8, 4) is 0 Å². The highest BCUT2D eigenvalue weighted by Gasteiger charge is 2.53. The molecule has 0 saturated carbocycles. The van der Waals surface area contributed by atoms with Gasteiger partial charge in [0.2, 0.25) is 0 Å². The van der Waals surface area contributed by atoms with Crippen LogP contribution >= 0.6 is 0 Å². The number of hydrogen-bond donors (Lipinski definition) is 2. The van der Waals surface area contributed by atoms with Crippen LogP contribution in [0, 0.1) is 17.5 Å². The molecule has 0 amide bonds. The summed E-state index contributed by atoms with van der Waals surface area (Å²) in [5.74, 6) is -5.09. The molecule has 2 heterocycles. The summed E-state index contributed by atoms with van der Waals surface area (Å²) in [6, 6.07) is 1.25. The third kappa shape index (κ3) is 2.29.